The van der Waals surface area contributed by atoms with Crippen molar-refractivity contribution in [2.45, 2.75) is 51.2 Å². The van der Waals surface area contributed by atoms with Crippen molar-refractivity contribution in [1.82, 2.24) is 19.7 Å². The second kappa shape index (κ2) is 7.24. The van der Waals surface area contributed by atoms with Crippen molar-refractivity contribution >= 4 is 22.7 Å². The maximum Gasteiger partial charge on any atom is 0.219 e. The Morgan fingerprint density at radius 1 is 1.18 bits per heavy atom. The Bertz CT molecular complexity index is 895. The van der Waals surface area contributed by atoms with E-state index in [1.807, 2.05) is 4.90 Å². The van der Waals surface area contributed by atoms with Crippen LogP contribution in [0.5, 0.6) is 0 Å². The van der Waals surface area contributed by atoms with Crippen LogP contribution >= 0.6 is 0 Å². The number of para-hydroxylation sites is 1. The standard InChI is InChI=1S/C22H30N4O2/c1-16(27)23-19-12-22(8-10-25(11-9-22)17(2)28)26(15-19)14-18-13-24(3)21-7-5-4-6-20(18)21/h4-7,13,19H,8-12,14-15H2,1-3H3,(H,23,27). The van der Waals surface area contributed by atoms with Gasteiger partial charge in [-0.3, -0.25) is 14.5 Å². The summed E-state index contributed by atoms with van der Waals surface area (Å²) < 4.78 is 2.19. The van der Waals surface area contributed by atoms with E-state index in [2.05, 4.69) is 52.3 Å². The van der Waals surface area contributed by atoms with Crippen LogP contribution in [0.1, 0.15) is 38.7 Å². The number of hydrogen-bond acceptors (Lipinski definition) is 3. The highest BCUT2D eigenvalue weighted by molar-refractivity contribution is 5.83. The molecule has 2 saturated heterocycles. The lowest BCUT2D eigenvalue weighted by Gasteiger charge is -2.44. The number of hydrogen-bond donors (Lipinski definition) is 1. The highest BCUT2D eigenvalue weighted by Crippen LogP contribution is 2.40. The molecule has 4 rings (SSSR count). The summed E-state index contributed by atoms with van der Waals surface area (Å²) in [5.74, 6) is 0.195. The minimum atomic E-state index is 0.0355. The maximum absolute atomic E-state index is 11.8. The number of nitrogens with one attached hydrogen (secondary N) is 1. The third-order valence-electron chi connectivity index (χ3n) is 6.63. The summed E-state index contributed by atoms with van der Waals surface area (Å²) >= 11 is 0. The zero-order chi connectivity index (χ0) is 19.9. The van der Waals surface area contributed by atoms with E-state index in [1.165, 1.54) is 16.5 Å². The summed E-state index contributed by atoms with van der Waals surface area (Å²) in [6, 6.07) is 8.70. The van der Waals surface area contributed by atoms with Crippen molar-refractivity contribution in [3.63, 3.8) is 0 Å². The summed E-state index contributed by atoms with van der Waals surface area (Å²) in [5.41, 5.74) is 2.63. The van der Waals surface area contributed by atoms with Crippen molar-refractivity contribution in [3.05, 3.63) is 36.0 Å². The summed E-state index contributed by atoms with van der Waals surface area (Å²) in [6.45, 7) is 6.59. The van der Waals surface area contributed by atoms with E-state index in [-0.39, 0.29) is 23.4 Å². The molecular formula is C22H30N4O2. The molecule has 2 aliphatic heterocycles. The summed E-state index contributed by atoms with van der Waals surface area (Å²) in [7, 11) is 2.09. The fraction of sp³-hybridized carbons (Fsp3) is 0.545. The number of benzene rings is 1. The molecule has 1 unspecified atom stereocenters. The van der Waals surface area contributed by atoms with Gasteiger partial charge in [-0.1, -0.05) is 18.2 Å². The zero-order valence-corrected chi connectivity index (χ0v) is 17.1. The number of likely N-dealkylation sites (tertiary alicyclic amines) is 2. The first kappa shape index (κ1) is 19.0. The molecule has 0 aliphatic carbocycles. The molecule has 3 heterocycles. The molecule has 1 aromatic carbocycles. The summed E-state index contributed by atoms with van der Waals surface area (Å²) in [6.07, 6.45) is 5.12. The van der Waals surface area contributed by atoms with Gasteiger partial charge in [-0.2, -0.15) is 0 Å². The molecule has 1 N–H and O–H groups in total. The average molecular weight is 383 g/mol. The number of aromatic nitrogens is 1. The summed E-state index contributed by atoms with van der Waals surface area (Å²) in [5, 5.41) is 4.43. The number of fused-ring (bicyclic) bond motifs is 1. The Labute approximate surface area is 166 Å². The number of carbonyl (C=O) groups excluding carboxylic acids is 2. The second-order valence-corrected chi connectivity index (χ2v) is 8.49. The van der Waals surface area contributed by atoms with Gasteiger partial charge in [-0.05, 0) is 30.9 Å². The first-order chi connectivity index (χ1) is 13.4. The predicted molar refractivity (Wildman–Crippen MR) is 110 cm³/mol. The van der Waals surface area contributed by atoms with Crippen LogP contribution in [0.25, 0.3) is 10.9 Å². The Hall–Kier alpha value is -2.34. The predicted octanol–water partition coefficient (Wildman–Crippen LogP) is 2.27. The lowest BCUT2D eigenvalue weighted by atomic mass is 9.84. The van der Waals surface area contributed by atoms with Crippen molar-refractivity contribution in [3.8, 4) is 0 Å². The first-order valence-corrected chi connectivity index (χ1v) is 10.2. The lowest BCUT2D eigenvalue weighted by Crippen LogP contribution is -2.52. The van der Waals surface area contributed by atoms with Gasteiger partial charge < -0.3 is 14.8 Å². The Morgan fingerprint density at radius 3 is 2.57 bits per heavy atom. The van der Waals surface area contributed by atoms with E-state index < -0.39 is 0 Å². The van der Waals surface area contributed by atoms with Crippen LogP contribution in [0.4, 0.5) is 0 Å². The topological polar surface area (TPSA) is 57.6 Å². The molecule has 2 amide bonds. The molecule has 0 bridgehead atoms. The molecule has 1 atom stereocenters. The normalized spacial score (nSPS) is 22.1. The van der Waals surface area contributed by atoms with Crippen LogP contribution in [0, 0.1) is 0 Å². The largest absolute Gasteiger partial charge is 0.352 e. The molecule has 0 saturated carbocycles. The summed E-state index contributed by atoms with van der Waals surface area (Å²) in [4.78, 5) is 28.0. The van der Waals surface area contributed by atoms with Gasteiger partial charge >= 0.3 is 0 Å². The minimum absolute atomic E-state index is 0.0355. The third kappa shape index (κ3) is 3.41. The molecule has 1 aromatic heterocycles. The van der Waals surface area contributed by atoms with E-state index in [1.54, 1.807) is 13.8 Å². The highest BCUT2D eigenvalue weighted by Gasteiger charge is 2.47. The van der Waals surface area contributed by atoms with Crippen LogP contribution < -0.4 is 5.32 Å². The minimum Gasteiger partial charge on any atom is -0.352 e. The molecule has 28 heavy (non-hydrogen) atoms. The van der Waals surface area contributed by atoms with Gasteiger partial charge in [-0.15, -0.1) is 0 Å². The number of nitrogens with zero attached hydrogens (tertiary/aromatic N) is 3. The van der Waals surface area contributed by atoms with Crippen LogP contribution in [0.15, 0.2) is 30.5 Å². The fourth-order valence-electron chi connectivity index (χ4n) is 5.24. The fourth-order valence-corrected chi connectivity index (χ4v) is 5.24. The molecule has 6 nitrogen and oxygen atoms in total. The van der Waals surface area contributed by atoms with E-state index in [4.69, 9.17) is 0 Å². The maximum atomic E-state index is 11.8. The molecule has 2 fully saturated rings. The monoisotopic (exact) mass is 382 g/mol. The number of carbonyl (C=O) groups is 2. The van der Waals surface area contributed by atoms with Gasteiger partial charge in [0.05, 0.1) is 0 Å². The van der Waals surface area contributed by atoms with E-state index in [0.717, 1.165) is 45.4 Å². The Balaban J connectivity index is 1.60. The van der Waals surface area contributed by atoms with E-state index in [0.29, 0.717) is 0 Å². The van der Waals surface area contributed by atoms with Crippen molar-refractivity contribution in [2.24, 2.45) is 7.05 Å². The second-order valence-electron chi connectivity index (χ2n) is 8.49. The molecule has 0 radical (unpaired) electrons. The van der Waals surface area contributed by atoms with Gasteiger partial charge in [0.25, 0.3) is 0 Å². The van der Waals surface area contributed by atoms with Gasteiger partial charge in [-0.25, -0.2) is 0 Å². The van der Waals surface area contributed by atoms with Crippen LogP contribution in [0.3, 0.4) is 0 Å². The zero-order valence-electron chi connectivity index (χ0n) is 17.1. The SMILES string of the molecule is CC(=O)NC1CN(Cc2cn(C)c3ccccc23)C2(CCN(C(C)=O)CC2)C1. The number of piperidine rings is 1. The number of amides is 2. The molecule has 1 spiro atoms. The quantitative estimate of drug-likeness (QED) is 0.886. The highest BCUT2D eigenvalue weighted by atomic mass is 16.2. The van der Waals surface area contributed by atoms with E-state index in [9.17, 15) is 9.59 Å². The smallest absolute Gasteiger partial charge is 0.219 e. The number of rotatable bonds is 3. The third-order valence-corrected chi connectivity index (χ3v) is 6.63. The molecule has 2 aliphatic rings. The Kier molecular flexibility index (Phi) is 4.91. The average Bonchev–Trinajstić information content (AvgIpc) is 3.13. The van der Waals surface area contributed by atoms with E-state index >= 15 is 0 Å². The van der Waals surface area contributed by atoms with Gasteiger partial charge in [0.2, 0.25) is 11.8 Å². The molecular weight excluding hydrogens is 352 g/mol. The van der Waals surface area contributed by atoms with Crippen molar-refractivity contribution in [1.29, 1.82) is 0 Å². The lowest BCUT2D eigenvalue weighted by molar-refractivity contribution is -0.131. The molecule has 2 aromatic rings. The van der Waals surface area contributed by atoms with Crippen LogP contribution in [-0.2, 0) is 23.2 Å². The first-order valence-electron chi connectivity index (χ1n) is 10.2. The van der Waals surface area contributed by atoms with Crippen molar-refractivity contribution < 1.29 is 9.59 Å². The van der Waals surface area contributed by atoms with Gasteiger partial charge in [0, 0.05) is 75.8 Å². The van der Waals surface area contributed by atoms with Crippen LogP contribution in [-0.4, -0.2) is 57.4 Å². The van der Waals surface area contributed by atoms with Gasteiger partial charge in [0.1, 0.15) is 0 Å². The molecule has 6 heteroatoms. The van der Waals surface area contributed by atoms with Gasteiger partial charge in [0.15, 0.2) is 0 Å². The van der Waals surface area contributed by atoms with Crippen LogP contribution in [0.2, 0.25) is 0 Å². The number of aryl methyl sites for hydroxylation is 1. The Morgan fingerprint density at radius 2 is 1.89 bits per heavy atom. The van der Waals surface area contributed by atoms with Crippen molar-refractivity contribution in [2.75, 3.05) is 19.6 Å². The molecule has 150 valence electrons.